The highest BCUT2D eigenvalue weighted by molar-refractivity contribution is 5.25. The van der Waals surface area contributed by atoms with Crippen molar-refractivity contribution in [2.75, 3.05) is 0 Å². The second kappa shape index (κ2) is 1.84. The SMILES string of the molecule is CC1=C(C)C(C)(O)CC1. The molecule has 1 nitrogen and oxygen atoms in total. The molecule has 0 heterocycles. The van der Waals surface area contributed by atoms with Gasteiger partial charge in [-0.25, -0.2) is 0 Å². The van der Waals surface area contributed by atoms with Gasteiger partial charge in [0.05, 0.1) is 5.60 Å². The number of rotatable bonds is 0. The van der Waals surface area contributed by atoms with Crippen LogP contribution < -0.4 is 0 Å². The minimum Gasteiger partial charge on any atom is -0.386 e. The van der Waals surface area contributed by atoms with Gasteiger partial charge in [-0.2, -0.15) is 0 Å². The van der Waals surface area contributed by atoms with Crippen LogP contribution in [-0.2, 0) is 0 Å². The molecule has 1 rings (SSSR count). The molecular weight excluding hydrogens is 112 g/mol. The number of allylic oxidation sites excluding steroid dienone is 1. The summed E-state index contributed by atoms with van der Waals surface area (Å²) in [6.07, 6.45) is 1.98. The van der Waals surface area contributed by atoms with Crippen LogP contribution in [0.4, 0.5) is 0 Å². The summed E-state index contributed by atoms with van der Waals surface area (Å²) in [5, 5.41) is 9.58. The lowest BCUT2D eigenvalue weighted by Crippen LogP contribution is -2.20. The molecule has 0 aliphatic heterocycles. The summed E-state index contributed by atoms with van der Waals surface area (Å²) in [4.78, 5) is 0. The lowest BCUT2D eigenvalue weighted by Gasteiger charge is -2.17. The normalized spacial score (nSPS) is 36.0. The zero-order valence-electron chi connectivity index (χ0n) is 6.36. The molecule has 0 bridgehead atoms. The van der Waals surface area contributed by atoms with Crippen LogP contribution in [0.1, 0.15) is 33.6 Å². The molecule has 0 saturated carbocycles. The first-order valence-electron chi connectivity index (χ1n) is 3.43. The Morgan fingerprint density at radius 2 is 2.00 bits per heavy atom. The maximum absolute atomic E-state index is 9.58. The predicted molar refractivity (Wildman–Crippen MR) is 38.2 cm³/mol. The van der Waals surface area contributed by atoms with Gasteiger partial charge in [-0.1, -0.05) is 5.57 Å². The third kappa shape index (κ3) is 1.01. The highest BCUT2D eigenvalue weighted by atomic mass is 16.3. The molecule has 0 aromatic heterocycles. The van der Waals surface area contributed by atoms with E-state index in [1.165, 1.54) is 11.1 Å². The maximum Gasteiger partial charge on any atom is 0.0831 e. The Balaban J connectivity index is 2.88. The van der Waals surface area contributed by atoms with Crippen LogP contribution in [0.15, 0.2) is 11.1 Å². The number of hydrogen-bond donors (Lipinski definition) is 1. The zero-order valence-corrected chi connectivity index (χ0v) is 6.36. The van der Waals surface area contributed by atoms with Crippen molar-refractivity contribution in [2.45, 2.75) is 39.2 Å². The van der Waals surface area contributed by atoms with E-state index in [1.807, 2.05) is 13.8 Å². The van der Waals surface area contributed by atoms with E-state index in [2.05, 4.69) is 6.92 Å². The molecule has 0 aromatic carbocycles. The Morgan fingerprint density at radius 1 is 1.44 bits per heavy atom. The van der Waals surface area contributed by atoms with Crippen LogP contribution >= 0.6 is 0 Å². The molecule has 1 N–H and O–H groups in total. The van der Waals surface area contributed by atoms with E-state index in [0.29, 0.717) is 0 Å². The summed E-state index contributed by atoms with van der Waals surface area (Å²) < 4.78 is 0. The van der Waals surface area contributed by atoms with E-state index in [0.717, 1.165) is 12.8 Å². The molecule has 52 valence electrons. The highest BCUT2D eigenvalue weighted by Crippen LogP contribution is 2.34. The molecule has 1 atom stereocenters. The van der Waals surface area contributed by atoms with Crippen LogP contribution in [0.25, 0.3) is 0 Å². The van der Waals surface area contributed by atoms with Crippen LogP contribution in [0.2, 0.25) is 0 Å². The second-order valence-corrected chi connectivity index (χ2v) is 3.18. The average Bonchev–Trinajstić information content (AvgIpc) is 1.97. The van der Waals surface area contributed by atoms with E-state index in [-0.39, 0.29) is 0 Å². The Morgan fingerprint density at radius 3 is 2.11 bits per heavy atom. The average molecular weight is 126 g/mol. The van der Waals surface area contributed by atoms with Gasteiger partial charge in [-0.3, -0.25) is 0 Å². The lowest BCUT2D eigenvalue weighted by molar-refractivity contribution is 0.0999. The Kier molecular flexibility index (Phi) is 1.39. The first-order valence-corrected chi connectivity index (χ1v) is 3.43. The van der Waals surface area contributed by atoms with Crippen molar-refractivity contribution in [1.29, 1.82) is 0 Å². The molecule has 1 aliphatic rings. The van der Waals surface area contributed by atoms with Crippen molar-refractivity contribution in [1.82, 2.24) is 0 Å². The minimum atomic E-state index is -0.496. The Labute approximate surface area is 56.4 Å². The largest absolute Gasteiger partial charge is 0.386 e. The second-order valence-electron chi connectivity index (χ2n) is 3.18. The van der Waals surface area contributed by atoms with Crippen molar-refractivity contribution in [3.63, 3.8) is 0 Å². The van der Waals surface area contributed by atoms with Crippen LogP contribution in [0, 0.1) is 0 Å². The molecule has 0 amide bonds. The predicted octanol–water partition coefficient (Wildman–Crippen LogP) is 1.87. The summed E-state index contributed by atoms with van der Waals surface area (Å²) in [7, 11) is 0. The molecule has 1 aliphatic carbocycles. The standard InChI is InChI=1S/C8H14O/c1-6-4-5-8(3,9)7(6)2/h9H,4-5H2,1-3H3. The lowest BCUT2D eigenvalue weighted by atomic mass is 10.00. The first-order chi connectivity index (χ1) is 4.04. The molecular formula is C8H14O. The quantitative estimate of drug-likeness (QED) is 0.491. The highest BCUT2D eigenvalue weighted by Gasteiger charge is 2.29. The van der Waals surface area contributed by atoms with E-state index >= 15 is 0 Å². The summed E-state index contributed by atoms with van der Waals surface area (Å²) in [6, 6.07) is 0. The molecule has 0 fully saturated rings. The molecule has 0 spiro atoms. The molecule has 1 heteroatoms. The Hall–Kier alpha value is -0.300. The molecule has 0 radical (unpaired) electrons. The van der Waals surface area contributed by atoms with Crippen molar-refractivity contribution in [2.24, 2.45) is 0 Å². The fourth-order valence-electron chi connectivity index (χ4n) is 1.27. The molecule has 1 unspecified atom stereocenters. The van der Waals surface area contributed by atoms with E-state index < -0.39 is 5.60 Å². The fourth-order valence-corrected chi connectivity index (χ4v) is 1.27. The summed E-state index contributed by atoms with van der Waals surface area (Å²) in [6.45, 7) is 6.00. The van der Waals surface area contributed by atoms with Gasteiger partial charge in [0.15, 0.2) is 0 Å². The van der Waals surface area contributed by atoms with Gasteiger partial charge in [0, 0.05) is 0 Å². The van der Waals surface area contributed by atoms with Gasteiger partial charge >= 0.3 is 0 Å². The minimum absolute atomic E-state index is 0.496. The number of aliphatic hydroxyl groups is 1. The van der Waals surface area contributed by atoms with Crippen molar-refractivity contribution in [3.05, 3.63) is 11.1 Å². The van der Waals surface area contributed by atoms with Gasteiger partial charge in [0.1, 0.15) is 0 Å². The van der Waals surface area contributed by atoms with Gasteiger partial charge in [0.2, 0.25) is 0 Å². The zero-order chi connectivity index (χ0) is 7.07. The van der Waals surface area contributed by atoms with E-state index in [1.54, 1.807) is 0 Å². The van der Waals surface area contributed by atoms with Crippen LogP contribution in [0.5, 0.6) is 0 Å². The smallest absolute Gasteiger partial charge is 0.0831 e. The van der Waals surface area contributed by atoms with E-state index in [9.17, 15) is 5.11 Å². The van der Waals surface area contributed by atoms with Gasteiger partial charge in [-0.05, 0) is 39.2 Å². The molecule has 9 heavy (non-hydrogen) atoms. The fraction of sp³-hybridized carbons (Fsp3) is 0.750. The third-order valence-corrected chi connectivity index (χ3v) is 2.43. The van der Waals surface area contributed by atoms with Gasteiger partial charge in [-0.15, -0.1) is 0 Å². The topological polar surface area (TPSA) is 20.2 Å². The monoisotopic (exact) mass is 126 g/mol. The molecule has 0 aromatic rings. The summed E-state index contributed by atoms with van der Waals surface area (Å²) in [5.74, 6) is 0. The van der Waals surface area contributed by atoms with Gasteiger partial charge < -0.3 is 5.11 Å². The Bertz CT molecular complexity index is 154. The van der Waals surface area contributed by atoms with Crippen molar-refractivity contribution in [3.8, 4) is 0 Å². The van der Waals surface area contributed by atoms with Crippen LogP contribution in [-0.4, -0.2) is 10.7 Å². The maximum atomic E-state index is 9.58. The summed E-state index contributed by atoms with van der Waals surface area (Å²) >= 11 is 0. The van der Waals surface area contributed by atoms with Crippen LogP contribution in [0.3, 0.4) is 0 Å². The third-order valence-electron chi connectivity index (χ3n) is 2.43. The van der Waals surface area contributed by atoms with Crippen molar-refractivity contribution >= 4 is 0 Å². The summed E-state index contributed by atoms with van der Waals surface area (Å²) in [5.41, 5.74) is 2.03. The van der Waals surface area contributed by atoms with Crippen molar-refractivity contribution < 1.29 is 5.11 Å². The number of hydrogen-bond acceptors (Lipinski definition) is 1. The molecule has 0 saturated heterocycles. The van der Waals surface area contributed by atoms with Gasteiger partial charge in [0.25, 0.3) is 0 Å². The first kappa shape index (κ1) is 6.81. The van der Waals surface area contributed by atoms with E-state index in [4.69, 9.17) is 0 Å².